The van der Waals surface area contributed by atoms with Crippen LogP contribution in [-0.4, -0.2) is 33.9 Å². The van der Waals surface area contributed by atoms with Crippen LogP contribution < -0.4 is 5.73 Å². The Labute approximate surface area is 137 Å². The summed E-state index contributed by atoms with van der Waals surface area (Å²) in [4.78, 5) is 0.345. The summed E-state index contributed by atoms with van der Waals surface area (Å²) in [7, 11) is -1.88. The van der Waals surface area contributed by atoms with Gasteiger partial charge in [0.2, 0.25) is 0 Å². The highest BCUT2D eigenvalue weighted by molar-refractivity contribution is 7.92. The van der Waals surface area contributed by atoms with Crippen LogP contribution >= 0.6 is 0 Å². The lowest BCUT2D eigenvalue weighted by atomic mass is 10.0. The maximum atomic E-state index is 13.1. The summed E-state index contributed by atoms with van der Waals surface area (Å²) in [6, 6.07) is 18.3. The zero-order valence-corrected chi connectivity index (χ0v) is 13.9. The van der Waals surface area contributed by atoms with Gasteiger partial charge in [-0.2, -0.15) is 0 Å². The van der Waals surface area contributed by atoms with E-state index >= 15 is 0 Å². The Hall–Kier alpha value is -1.69. The molecule has 0 bridgehead atoms. The number of sulfone groups is 1. The second kappa shape index (κ2) is 6.07. The third-order valence-electron chi connectivity index (χ3n) is 4.74. The quantitative estimate of drug-likeness (QED) is 0.881. The molecule has 3 atom stereocenters. The second-order valence-corrected chi connectivity index (χ2v) is 8.11. The van der Waals surface area contributed by atoms with E-state index in [2.05, 4.69) is 0 Å². The van der Waals surface area contributed by atoms with Crippen LogP contribution in [0.25, 0.3) is 0 Å². The van der Waals surface area contributed by atoms with Gasteiger partial charge in [0.05, 0.1) is 16.8 Å². The smallest absolute Gasteiger partial charge is 0.182 e. The molecule has 1 aliphatic rings. The van der Waals surface area contributed by atoms with Gasteiger partial charge in [-0.05, 0) is 17.7 Å². The summed E-state index contributed by atoms with van der Waals surface area (Å²) in [5, 5.41) is -0.551. The number of hydrogen-bond donors (Lipinski definition) is 1. The Kier molecular flexibility index (Phi) is 4.27. The van der Waals surface area contributed by atoms with Gasteiger partial charge in [-0.25, -0.2) is 8.42 Å². The molecule has 1 fully saturated rings. The molecule has 0 aromatic heterocycles. The van der Waals surface area contributed by atoms with E-state index < -0.39 is 20.5 Å². The van der Waals surface area contributed by atoms with Gasteiger partial charge in [-0.3, -0.25) is 0 Å². The molecule has 0 heterocycles. The van der Waals surface area contributed by atoms with Crippen molar-refractivity contribution in [2.45, 2.75) is 16.1 Å². The molecule has 0 saturated heterocycles. The lowest BCUT2D eigenvalue weighted by Gasteiger charge is -2.14. The van der Waals surface area contributed by atoms with E-state index in [0.717, 1.165) is 5.56 Å². The van der Waals surface area contributed by atoms with Gasteiger partial charge < -0.3 is 10.5 Å². The predicted molar refractivity (Wildman–Crippen MR) is 90.0 cm³/mol. The lowest BCUT2D eigenvalue weighted by Crippen LogP contribution is -2.28. The molecule has 2 N–H and O–H groups in total. The molecule has 2 aromatic carbocycles. The van der Waals surface area contributed by atoms with Crippen molar-refractivity contribution in [1.29, 1.82) is 0 Å². The molecule has 0 amide bonds. The van der Waals surface area contributed by atoms with Crippen molar-refractivity contribution < 1.29 is 13.2 Å². The van der Waals surface area contributed by atoms with E-state index in [9.17, 15) is 8.42 Å². The summed E-state index contributed by atoms with van der Waals surface area (Å²) in [6.45, 7) is 0.608. The largest absolute Gasteiger partial charge is 0.384 e. The molecule has 3 rings (SSSR count). The normalized spacial score (nSPS) is 26.9. The van der Waals surface area contributed by atoms with Gasteiger partial charge in [0.1, 0.15) is 0 Å². The van der Waals surface area contributed by atoms with E-state index in [0.29, 0.717) is 11.5 Å². The van der Waals surface area contributed by atoms with Crippen LogP contribution in [0.15, 0.2) is 65.6 Å². The number of methoxy groups -OCH3 is 1. The van der Waals surface area contributed by atoms with E-state index in [-0.39, 0.29) is 12.5 Å². The molecule has 0 aliphatic heterocycles. The minimum absolute atomic E-state index is 0.140. The SMILES string of the molecule is COC[C@@]1(CN)[C@H](S(=O)(=O)c2ccccc2)[C@@H]1c1ccccc1. The van der Waals surface area contributed by atoms with Crippen molar-refractivity contribution in [3.8, 4) is 0 Å². The minimum Gasteiger partial charge on any atom is -0.384 e. The molecule has 0 unspecified atom stereocenters. The summed E-state index contributed by atoms with van der Waals surface area (Å²) in [5.74, 6) is -0.140. The van der Waals surface area contributed by atoms with E-state index in [4.69, 9.17) is 10.5 Å². The van der Waals surface area contributed by atoms with Gasteiger partial charge in [0.25, 0.3) is 0 Å². The van der Waals surface area contributed by atoms with Gasteiger partial charge in [-0.15, -0.1) is 0 Å². The van der Waals surface area contributed by atoms with Crippen molar-refractivity contribution in [2.24, 2.45) is 11.1 Å². The Morgan fingerprint density at radius 2 is 1.61 bits per heavy atom. The zero-order valence-electron chi connectivity index (χ0n) is 13.1. The first-order valence-corrected chi connectivity index (χ1v) is 9.15. The average Bonchev–Trinajstić information content (AvgIpc) is 3.27. The average molecular weight is 331 g/mol. The molecule has 0 radical (unpaired) electrons. The predicted octanol–water partition coefficient (Wildman–Crippen LogP) is 2.22. The third kappa shape index (κ3) is 2.59. The number of benzene rings is 2. The number of rotatable bonds is 6. The fourth-order valence-electron chi connectivity index (χ4n) is 3.61. The van der Waals surface area contributed by atoms with Crippen molar-refractivity contribution in [3.63, 3.8) is 0 Å². The van der Waals surface area contributed by atoms with Gasteiger partial charge >= 0.3 is 0 Å². The zero-order chi connectivity index (χ0) is 16.5. The standard InChI is InChI=1S/C18H21NO3S/c1-22-13-18(12-19)16(14-8-4-2-5-9-14)17(18)23(20,21)15-10-6-3-7-11-15/h2-11,16-17H,12-13,19H2,1H3/t16-,17+,18+/m0/s1. The molecule has 5 heteroatoms. The first kappa shape index (κ1) is 16.2. The number of nitrogens with two attached hydrogens (primary N) is 1. The first-order valence-electron chi connectivity index (χ1n) is 7.61. The van der Waals surface area contributed by atoms with Crippen LogP contribution in [0.5, 0.6) is 0 Å². The highest BCUT2D eigenvalue weighted by Crippen LogP contribution is 2.63. The molecule has 0 spiro atoms. The molecule has 1 aliphatic carbocycles. The Balaban J connectivity index is 2.06. The van der Waals surface area contributed by atoms with Gasteiger partial charge in [0, 0.05) is 25.0 Å². The molecule has 23 heavy (non-hydrogen) atoms. The van der Waals surface area contributed by atoms with Crippen molar-refractivity contribution in [1.82, 2.24) is 0 Å². The van der Waals surface area contributed by atoms with E-state index in [1.807, 2.05) is 36.4 Å². The molecule has 122 valence electrons. The second-order valence-electron chi connectivity index (χ2n) is 6.04. The Morgan fingerprint density at radius 3 is 2.13 bits per heavy atom. The van der Waals surface area contributed by atoms with Crippen LogP contribution in [-0.2, 0) is 14.6 Å². The monoisotopic (exact) mass is 331 g/mol. The van der Waals surface area contributed by atoms with Crippen molar-refractivity contribution >= 4 is 9.84 Å². The lowest BCUT2D eigenvalue weighted by molar-refractivity contribution is 0.142. The highest BCUT2D eigenvalue weighted by atomic mass is 32.2. The molecule has 2 aromatic rings. The summed E-state index contributed by atoms with van der Waals surface area (Å²) in [5.41, 5.74) is 6.44. The summed E-state index contributed by atoms with van der Waals surface area (Å²) in [6.07, 6.45) is 0. The van der Waals surface area contributed by atoms with Crippen molar-refractivity contribution in [3.05, 3.63) is 66.2 Å². The van der Waals surface area contributed by atoms with Crippen LogP contribution in [0.4, 0.5) is 0 Å². The van der Waals surface area contributed by atoms with Crippen LogP contribution in [0.3, 0.4) is 0 Å². The molecule has 4 nitrogen and oxygen atoms in total. The fraction of sp³-hybridized carbons (Fsp3) is 0.333. The maximum absolute atomic E-state index is 13.1. The van der Waals surface area contributed by atoms with E-state index in [1.54, 1.807) is 31.4 Å². The highest BCUT2D eigenvalue weighted by Gasteiger charge is 2.70. The number of hydrogen-bond acceptors (Lipinski definition) is 4. The molecular weight excluding hydrogens is 310 g/mol. The fourth-order valence-corrected chi connectivity index (χ4v) is 6.07. The Bertz CT molecular complexity index is 761. The first-order chi connectivity index (χ1) is 11.1. The molecular formula is C18H21NO3S. The van der Waals surface area contributed by atoms with Crippen LogP contribution in [0.1, 0.15) is 11.5 Å². The van der Waals surface area contributed by atoms with Gasteiger partial charge in [0.15, 0.2) is 9.84 Å². The molecule has 1 saturated carbocycles. The third-order valence-corrected chi connectivity index (χ3v) is 7.08. The minimum atomic E-state index is -3.47. The topological polar surface area (TPSA) is 69.4 Å². The van der Waals surface area contributed by atoms with Gasteiger partial charge in [-0.1, -0.05) is 48.5 Å². The van der Waals surface area contributed by atoms with Crippen molar-refractivity contribution in [2.75, 3.05) is 20.3 Å². The van der Waals surface area contributed by atoms with Crippen LogP contribution in [0, 0.1) is 5.41 Å². The number of ether oxygens (including phenoxy) is 1. The van der Waals surface area contributed by atoms with Crippen LogP contribution in [0.2, 0.25) is 0 Å². The Morgan fingerprint density at radius 1 is 1.04 bits per heavy atom. The summed E-state index contributed by atoms with van der Waals surface area (Å²) < 4.78 is 31.6. The maximum Gasteiger partial charge on any atom is 0.182 e. The summed E-state index contributed by atoms with van der Waals surface area (Å²) >= 11 is 0. The van der Waals surface area contributed by atoms with E-state index in [1.165, 1.54) is 0 Å².